The lowest BCUT2D eigenvalue weighted by Crippen LogP contribution is -2.36. The molecule has 0 saturated heterocycles. The average Bonchev–Trinajstić information content (AvgIpc) is 3.06. The second-order valence-electron chi connectivity index (χ2n) is 8.53. The molecule has 2 bridgehead atoms. The van der Waals surface area contributed by atoms with Crippen molar-refractivity contribution in [2.24, 2.45) is 23.7 Å². The molecule has 2 aromatic rings. The fourth-order valence-electron chi connectivity index (χ4n) is 5.06. The first-order valence-electron chi connectivity index (χ1n) is 9.26. The van der Waals surface area contributed by atoms with E-state index in [0.29, 0.717) is 6.10 Å². The van der Waals surface area contributed by atoms with Gasteiger partial charge in [0.1, 0.15) is 0 Å². The van der Waals surface area contributed by atoms with E-state index in [1.54, 1.807) is 0 Å². The lowest BCUT2D eigenvalue weighted by molar-refractivity contribution is -0.109. The molecule has 4 rings (SSSR count). The zero-order valence-electron chi connectivity index (χ0n) is 15.1. The number of rotatable bonds is 3. The van der Waals surface area contributed by atoms with Crippen LogP contribution in [0.4, 0.5) is 0 Å². The Morgan fingerprint density at radius 3 is 2.38 bits per heavy atom. The van der Waals surface area contributed by atoms with Crippen LogP contribution < -0.4 is 0 Å². The summed E-state index contributed by atoms with van der Waals surface area (Å²) in [4.78, 5) is 1.01. The highest BCUT2D eigenvalue weighted by Gasteiger charge is 2.50. The molecule has 128 valence electrons. The normalized spacial score (nSPS) is 32.6. The molecule has 0 radical (unpaired) electrons. The van der Waals surface area contributed by atoms with Crippen LogP contribution in [0.25, 0.3) is 10.8 Å². The molecule has 2 fully saturated rings. The van der Waals surface area contributed by atoms with Gasteiger partial charge >= 0.3 is 0 Å². The van der Waals surface area contributed by atoms with E-state index in [0.717, 1.165) is 28.6 Å². The predicted octanol–water partition coefficient (Wildman–Crippen LogP) is 6.06. The summed E-state index contributed by atoms with van der Waals surface area (Å²) in [6, 6.07) is 13.0. The SMILES string of the molecule is CC1C2CC(OC(C)(C)c3ccc4cc(S)ccc4c3)C(C2)C1C. The van der Waals surface area contributed by atoms with Crippen molar-refractivity contribution in [3.63, 3.8) is 0 Å². The van der Waals surface area contributed by atoms with Gasteiger partial charge in [-0.2, -0.15) is 0 Å². The van der Waals surface area contributed by atoms with Gasteiger partial charge in [0.05, 0.1) is 11.7 Å². The maximum Gasteiger partial charge on any atom is 0.0879 e. The van der Waals surface area contributed by atoms with Crippen LogP contribution in [0.15, 0.2) is 41.3 Å². The van der Waals surface area contributed by atoms with Crippen LogP contribution in [0.2, 0.25) is 0 Å². The molecular weight excluding hydrogens is 312 g/mol. The number of thiol groups is 1. The molecule has 5 unspecified atom stereocenters. The first-order chi connectivity index (χ1) is 11.3. The number of benzene rings is 2. The first kappa shape index (κ1) is 16.5. The maximum absolute atomic E-state index is 6.70. The van der Waals surface area contributed by atoms with Crippen LogP contribution >= 0.6 is 12.6 Å². The summed E-state index contributed by atoms with van der Waals surface area (Å²) < 4.78 is 6.70. The minimum atomic E-state index is -0.244. The van der Waals surface area contributed by atoms with Gasteiger partial charge in [-0.05, 0) is 84.9 Å². The number of fused-ring (bicyclic) bond motifs is 3. The second kappa shape index (κ2) is 5.78. The zero-order valence-corrected chi connectivity index (χ0v) is 16.0. The second-order valence-corrected chi connectivity index (χ2v) is 9.04. The summed E-state index contributed by atoms with van der Waals surface area (Å²) in [5.74, 6) is 3.29. The standard InChI is InChI=1S/C22H28OS/c1-13-14(2)20-11-17(13)12-21(20)23-22(3,4)18-7-5-16-10-19(24)8-6-15(16)9-18/h5-10,13-14,17,20-21,24H,11-12H2,1-4H3. The third-order valence-corrected chi connectivity index (χ3v) is 7.08. The minimum absolute atomic E-state index is 0.244. The Labute approximate surface area is 151 Å². The minimum Gasteiger partial charge on any atom is -0.367 e. The van der Waals surface area contributed by atoms with Gasteiger partial charge in [0.2, 0.25) is 0 Å². The fraction of sp³-hybridized carbons (Fsp3) is 0.545. The molecule has 0 N–H and O–H groups in total. The quantitative estimate of drug-likeness (QED) is 0.668. The van der Waals surface area contributed by atoms with E-state index in [1.807, 2.05) is 0 Å². The topological polar surface area (TPSA) is 9.23 Å². The molecule has 2 aliphatic carbocycles. The Morgan fingerprint density at radius 1 is 0.958 bits per heavy atom. The molecule has 24 heavy (non-hydrogen) atoms. The molecular formula is C22H28OS. The molecule has 0 spiro atoms. The van der Waals surface area contributed by atoms with Crippen LogP contribution in [-0.4, -0.2) is 6.10 Å². The molecule has 2 aromatic carbocycles. The monoisotopic (exact) mass is 340 g/mol. The van der Waals surface area contributed by atoms with E-state index in [1.165, 1.54) is 29.2 Å². The van der Waals surface area contributed by atoms with Crippen LogP contribution in [0.5, 0.6) is 0 Å². The molecule has 0 aliphatic heterocycles. The summed E-state index contributed by atoms with van der Waals surface area (Å²) in [6.45, 7) is 9.29. The Bertz CT molecular complexity index is 764. The highest BCUT2D eigenvalue weighted by molar-refractivity contribution is 7.80. The molecule has 5 atom stereocenters. The fourth-order valence-corrected chi connectivity index (χ4v) is 5.28. The predicted molar refractivity (Wildman–Crippen MR) is 104 cm³/mol. The van der Waals surface area contributed by atoms with Crippen molar-refractivity contribution in [1.82, 2.24) is 0 Å². The van der Waals surface area contributed by atoms with Gasteiger partial charge in [-0.25, -0.2) is 0 Å². The smallest absolute Gasteiger partial charge is 0.0879 e. The van der Waals surface area contributed by atoms with Crippen molar-refractivity contribution in [3.05, 3.63) is 42.0 Å². The van der Waals surface area contributed by atoms with Gasteiger partial charge in [-0.15, -0.1) is 12.6 Å². The van der Waals surface area contributed by atoms with Gasteiger partial charge in [0, 0.05) is 4.90 Å². The largest absolute Gasteiger partial charge is 0.367 e. The summed E-state index contributed by atoms with van der Waals surface area (Å²) in [7, 11) is 0. The van der Waals surface area contributed by atoms with Crippen molar-refractivity contribution in [2.45, 2.75) is 57.1 Å². The van der Waals surface area contributed by atoms with Crippen LogP contribution in [-0.2, 0) is 10.3 Å². The van der Waals surface area contributed by atoms with E-state index in [4.69, 9.17) is 4.74 Å². The van der Waals surface area contributed by atoms with E-state index in [2.05, 4.69) is 76.7 Å². The zero-order chi connectivity index (χ0) is 17.1. The van der Waals surface area contributed by atoms with Crippen molar-refractivity contribution < 1.29 is 4.74 Å². The van der Waals surface area contributed by atoms with Crippen molar-refractivity contribution in [3.8, 4) is 0 Å². The number of hydrogen-bond acceptors (Lipinski definition) is 2. The summed E-state index contributed by atoms with van der Waals surface area (Å²) in [5, 5.41) is 2.50. The van der Waals surface area contributed by atoms with Crippen LogP contribution in [0, 0.1) is 23.7 Å². The Balaban J connectivity index is 1.58. The Kier molecular flexibility index (Phi) is 3.97. The lowest BCUT2D eigenvalue weighted by atomic mass is 9.80. The van der Waals surface area contributed by atoms with Crippen molar-refractivity contribution in [1.29, 1.82) is 0 Å². The molecule has 2 saturated carbocycles. The molecule has 2 heteroatoms. The average molecular weight is 341 g/mol. The third kappa shape index (κ3) is 2.68. The number of hydrogen-bond donors (Lipinski definition) is 1. The van der Waals surface area contributed by atoms with Gasteiger partial charge in [0.25, 0.3) is 0 Å². The van der Waals surface area contributed by atoms with Crippen LogP contribution in [0.3, 0.4) is 0 Å². The van der Waals surface area contributed by atoms with E-state index in [-0.39, 0.29) is 5.60 Å². The van der Waals surface area contributed by atoms with E-state index in [9.17, 15) is 0 Å². The molecule has 1 nitrogen and oxygen atoms in total. The molecule has 2 aliphatic rings. The highest BCUT2D eigenvalue weighted by atomic mass is 32.1. The highest BCUT2D eigenvalue weighted by Crippen LogP contribution is 2.54. The van der Waals surface area contributed by atoms with Crippen molar-refractivity contribution >= 4 is 23.4 Å². The number of ether oxygens (including phenoxy) is 1. The maximum atomic E-state index is 6.70. The Hall–Kier alpha value is -0.990. The van der Waals surface area contributed by atoms with Gasteiger partial charge in [0.15, 0.2) is 0 Å². The van der Waals surface area contributed by atoms with Crippen molar-refractivity contribution in [2.75, 3.05) is 0 Å². The van der Waals surface area contributed by atoms with E-state index < -0.39 is 0 Å². The van der Waals surface area contributed by atoms with E-state index >= 15 is 0 Å². The first-order valence-corrected chi connectivity index (χ1v) is 9.71. The summed E-state index contributed by atoms with van der Waals surface area (Å²) >= 11 is 4.44. The third-order valence-electron chi connectivity index (χ3n) is 6.80. The molecule has 0 heterocycles. The van der Waals surface area contributed by atoms with Gasteiger partial charge in [-0.3, -0.25) is 0 Å². The summed E-state index contributed by atoms with van der Waals surface area (Å²) in [6.07, 6.45) is 3.04. The van der Waals surface area contributed by atoms with Gasteiger partial charge in [-0.1, -0.05) is 32.0 Å². The molecule has 0 amide bonds. The molecule has 0 aromatic heterocycles. The van der Waals surface area contributed by atoms with Gasteiger partial charge < -0.3 is 4.74 Å². The Morgan fingerprint density at radius 2 is 1.67 bits per heavy atom. The van der Waals surface area contributed by atoms with Crippen LogP contribution in [0.1, 0.15) is 46.1 Å². The summed E-state index contributed by atoms with van der Waals surface area (Å²) in [5.41, 5.74) is 1.02. The lowest BCUT2D eigenvalue weighted by Gasteiger charge is -2.37.